The minimum absolute atomic E-state index is 0.199. The summed E-state index contributed by atoms with van der Waals surface area (Å²) in [5.41, 5.74) is 2.95. The van der Waals surface area contributed by atoms with Crippen LogP contribution >= 0.6 is 0 Å². The molecule has 1 heterocycles. The molecule has 0 N–H and O–H groups in total. The van der Waals surface area contributed by atoms with Gasteiger partial charge in [-0.3, -0.25) is 9.59 Å². The lowest BCUT2D eigenvalue weighted by atomic mass is 10.1. The molecule has 4 nitrogen and oxygen atoms in total. The van der Waals surface area contributed by atoms with Crippen molar-refractivity contribution in [1.29, 1.82) is 0 Å². The average Bonchev–Trinajstić information content (AvgIpc) is 2.70. The summed E-state index contributed by atoms with van der Waals surface area (Å²) in [7, 11) is 1.87. The van der Waals surface area contributed by atoms with Crippen LogP contribution < -0.4 is 5.43 Å². The molecule has 1 aromatic heterocycles. The smallest absolute Gasteiger partial charge is 0.259 e. The summed E-state index contributed by atoms with van der Waals surface area (Å²) < 4.78 is 1.85. The topological polar surface area (TPSA) is 42.3 Å². The van der Waals surface area contributed by atoms with E-state index in [0.717, 1.165) is 23.1 Å². The maximum atomic E-state index is 13.2. The fraction of sp³-hybridized carbons (Fsp3) is 0.250. The summed E-state index contributed by atoms with van der Waals surface area (Å²) >= 11 is 0. The van der Waals surface area contributed by atoms with Gasteiger partial charge >= 0.3 is 0 Å². The Kier molecular flexibility index (Phi) is 6.09. The molecule has 0 fully saturated rings. The molecule has 4 heteroatoms. The number of nitrogens with zero attached hydrogens (tertiary/aromatic N) is 2. The zero-order valence-electron chi connectivity index (χ0n) is 16.7. The molecule has 0 aliphatic rings. The second kappa shape index (κ2) is 8.70. The van der Waals surface area contributed by atoms with Crippen molar-refractivity contribution in [3.05, 3.63) is 87.7 Å². The normalized spacial score (nSPS) is 11.2. The molecule has 0 saturated carbocycles. The quantitative estimate of drug-likeness (QED) is 0.641. The SMILES string of the molecule is CCCN(CC=Cc1ccccc1)C(=O)c1cn(C)c2ccc(C)cc2c1=O. The molecule has 0 spiro atoms. The Morgan fingerprint density at radius 2 is 1.89 bits per heavy atom. The van der Waals surface area contributed by atoms with Gasteiger partial charge in [0.05, 0.1) is 5.52 Å². The number of hydrogen-bond acceptors (Lipinski definition) is 2. The van der Waals surface area contributed by atoms with Gasteiger partial charge in [-0.1, -0.05) is 61.0 Å². The first-order valence-electron chi connectivity index (χ1n) is 9.62. The fourth-order valence-corrected chi connectivity index (χ4v) is 3.35. The number of amides is 1. The molecule has 2 aromatic carbocycles. The van der Waals surface area contributed by atoms with Crippen molar-refractivity contribution in [3.8, 4) is 0 Å². The Balaban J connectivity index is 1.92. The maximum absolute atomic E-state index is 13.2. The Morgan fingerprint density at radius 1 is 1.14 bits per heavy atom. The third-order valence-electron chi connectivity index (χ3n) is 4.79. The molecule has 0 aliphatic heterocycles. The van der Waals surface area contributed by atoms with Crippen LogP contribution in [-0.2, 0) is 7.05 Å². The fourth-order valence-electron chi connectivity index (χ4n) is 3.35. The van der Waals surface area contributed by atoms with E-state index < -0.39 is 0 Å². The van der Waals surface area contributed by atoms with Crippen molar-refractivity contribution < 1.29 is 4.79 Å². The summed E-state index contributed by atoms with van der Waals surface area (Å²) in [5, 5.41) is 0.588. The van der Waals surface area contributed by atoms with Gasteiger partial charge in [0.2, 0.25) is 5.43 Å². The van der Waals surface area contributed by atoms with E-state index in [1.165, 1.54) is 0 Å². The second-order valence-corrected chi connectivity index (χ2v) is 7.07. The van der Waals surface area contributed by atoms with E-state index in [2.05, 4.69) is 0 Å². The van der Waals surface area contributed by atoms with Crippen LogP contribution in [0.25, 0.3) is 17.0 Å². The number of aromatic nitrogens is 1. The molecule has 144 valence electrons. The maximum Gasteiger partial charge on any atom is 0.259 e. The molecule has 3 aromatic rings. The van der Waals surface area contributed by atoms with Gasteiger partial charge in [0.1, 0.15) is 5.56 Å². The Morgan fingerprint density at radius 3 is 2.61 bits per heavy atom. The zero-order chi connectivity index (χ0) is 20.1. The van der Waals surface area contributed by atoms with Crippen molar-refractivity contribution in [2.45, 2.75) is 20.3 Å². The van der Waals surface area contributed by atoms with Gasteiger partial charge in [-0.2, -0.15) is 0 Å². The number of aryl methyl sites for hydroxylation is 2. The Bertz CT molecular complexity index is 1070. The second-order valence-electron chi connectivity index (χ2n) is 7.07. The van der Waals surface area contributed by atoms with Crippen LogP contribution in [0.1, 0.15) is 34.8 Å². The van der Waals surface area contributed by atoms with Crippen molar-refractivity contribution in [1.82, 2.24) is 9.47 Å². The van der Waals surface area contributed by atoms with Gasteiger partial charge < -0.3 is 9.47 Å². The summed E-state index contributed by atoms with van der Waals surface area (Å²) in [5.74, 6) is -0.219. The summed E-state index contributed by atoms with van der Waals surface area (Å²) in [4.78, 5) is 27.9. The van der Waals surface area contributed by atoms with Crippen LogP contribution in [0, 0.1) is 6.92 Å². The van der Waals surface area contributed by atoms with E-state index in [9.17, 15) is 9.59 Å². The number of benzene rings is 2. The highest BCUT2D eigenvalue weighted by Crippen LogP contribution is 2.14. The highest BCUT2D eigenvalue weighted by Gasteiger charge is 2.19. The molecule has 0 atom stereocenters. The van der Waals surface area contributed by atoms with E-state index in [4.69, 9.17) is 0 Å². The molecule has 0 radical (unpaired) electrons. The molecule has 28 heavy (non-hydrogen) atoms. The van der Waals surface area contributed by atoms with Gasteiger partial charge in [-0.05, 0) is 31.0 Å². The largest absolute Gasteiger partial charge is 0.350 e. The molecule has 0 saturated heterocycles. The predicted molar refractivity (Wildman–Crippen MR) is 116 cm³/mol. The third kappa shape index (κ3) is 4.22. The molecular formula is C24H26N2O2. The van der Waals surface area contributed by atoms with Gasteiger partial charge in [-0.25, -0.2) is 0 Å². The lowest BCUT2D eigenvalue weighted by Gasteiger charge is -2.21. The first-order chi connectivity index (χ1) is 13.5. The van der Waals surface area contributed by atoms with E-state index in [1.54, 1.807) is 11.1 Å². The van der Waals surface area contributed by atoms with E-state index in [0.29, 0.717) is 18.5 Å². The summed E-state index contributed by atoms with van der Waals surface area (Å²) in [6.07, 6.45) is 6.46. The summed E-state index contributed by atoms with van der Waals surface area (Å²) in [6, 6.07) is 15.7. The monoisotopic (exact) mass is 374 g/mol. The van der Waals surface area contributed by atoms with Crippen LogP contribution in [-0.4, -0.2) is 28.5 Å². The van der Waals surface area contributed by atoms with Crippen molar-refractivity contribution in [3.63, 3.8) is 0 Å². The summed E-state index contributed by atoms with van der Waals surface area (Å²) in [6.45, 7) is 5.05. The number of fused-ring (bicyclic) bond motifs is 1. The average molecular weight is 374 g/mol. The van der Waals surface area contributed by atoms with Crippen LogP contribution in [0.5, 0.6) is 0 Å². The van der Waals surface area contributed by atoms with Gasteiger partial charge in [-0.15, -0.1) is 0 Å². The van der Waals surface area contributed by atoms with E-state index >= 15 is 0 Å². The predicted octanol–water partition coefficient (Wildman–Crippen LogP) is 4.41. The standard InChI is InChI=1S/C24H26N2O2/c1-4-14-26(15-8-11-19-9-6-5-7-10-19)24(28)21-17-25(3)22-13-12-18(2)16-20(22)23(21)27/h5-13,16-17H,4,14-15H2,1-3H3. The van der Waals surface area contributed by atoms with Gasteiger partial charge in [0, 0.05) is 31.7 Å². The molecule has 1 amide bonds. The van der Waals surface area contributed by atoms with Crippen molar-refractivity contribution in [2.24, 2.45) is 7.05 Å². The van der Waals surface area contributed by atoms with Crippen LogP contribution in [0.4, 0.5) is 0 Å². The number of rotatable bonds is 6. The first kappa shape index (κ1) is 19.6. The molecule has 0 aliphatic carbocycles. The van der Waals surface area contributed by atoms with Crippen LogP contribution in [0.3, 0.4) is 0 Å². The first-order valence-corrected chi connectivity index (χ1v) is 9.62. The number of hydrogen-bond donors (Lipinski definition) is 0. The highest BCUT2D eigenvalue weighted by molar-refractivity contribution is 5.97. The minimum atomic E-state index is -0.219. The van der Waals surface area contributed by atoms with Crippen LogP contribution in [0.15, 0.2) is 65.6 Å². The number of pyridine rings is 1. The molecular weight excluding hydrogens is 348 g/mol. The Labute approximate surface area is 165 Å². The van der Waals surface area contributed by atoms with Gasteiger partial charge in [0.25, 0.3) is 5.91 Å². The van der Waals surface area contributed by atoms with Crippen molar-refractivity contribution in [2.75, 3.05) is 13.1 Å². The number of carbonyl (C=O) groups is 1. The highest BCUT2D eigenvalue weighted by atomic mass is 16.2. The van der Waals surface area contributed by atoms with E-state index in [-0.39, 0.29) is 16.9 Å². The van der Waals surface area contributed by atoms with E-state index in [1.807, 2.05) is 86.1 Å². The number of carbonyl (C=O) groups excluding carboxylic acids is 1. The lowest BCUT2D eigenvalue weighted by molar-refractivity contribution is 0.0772. The third-order valence-corrected chi connectivity index (χ3v) is 4.79. The van der Waals surface area contributed by atoms with Crippen LogP contribution in [0.2, 0.25) is 0 Å². The Hall–Kier alpha value is -3.14. The minimum Gasteiger partial charge on any atom is -0.350 e. The van der Waals surface area contributed by atoms with Gasteiger partial charge in [0.15, 0.2) is 0 Å². The lowest BCUT2D eigenvalue weighted by Crippen LogP contribution is -2.35. The molecule has 0 bridgehead atoms. The molecule has 0 unspecified atom stereocenters. The van der Waals surface area contributed by atoms with Crippen molar-refractivity contribution >= 4 is 22.9 Å². The molecule has 3 rings (SSSR count). The zero-order valence-corrected chi connectivity index (χ0v) is 16.7.